The van der Waals surface area contributed by atoms with E-state index >= 15 is 0 Å². The molecule has 4 heteroatoms. The molecule has 0 unspecified atom stereocenters. The van der Waals surface area contributed by atoms with Gasteiger partial charge in [0.05, 0.1) is 11.3 Å². The first-order chi connectivity index (χ1) is 9.80. The number of hydrogen-bond donors (Lipinski definition) is 2. The summed E-state index contributed by atoms with van der Waals surface area (Å²) in [5.74, 6) is -1.12. The predicted molar refractivity (Wildman–Crippen MR) is 81.1 cm³/mol. The minimum Gasteiger partial charge on any atom is -0.481 e. The summed E-state index contributed by atoms with van der Waals surface area (Å²) in [4.78, 5) is 23.5. The first-order valence-corrected chi connectivity index (χ1v) is 7.41. The van der Waals surface area contributed by atoms with E-state index in [-0.39, 0.29) is 17.9 Å². The van der Waals surface area contributed by atoms with Crippen LogP contribution in [0.1, 0.15) is 44.2 Å². The highest BCUT2D eigenvalue weighted by Crippen LogP contribution is 2.28. The molecule has 0 aromatic heterocycles. The van der Waals surface area contributed by atoms with E-state index in [1.54, 1.807) is 0 Å². The van der Waals surface area contributed by atoms with Crippen molar-refractivity contribution >= 4 is 11.9 Å². The molecule has 0 saturated heterocycles. The Morgan fingerprint density at radius 2 is 1.81 bits per heavy atom. The molecule has 4 nitrogen and oxygen atoms in total. The number of carbonyl (C=O) groups excluding carboxylic acids is 1. The molecule has 0 aliphatic heterocycles. The number of carboxylic acid groups (broad SMARTS) is 1. The Morgan fingerprint density at radius 3 is 2.33 bits per heavy atom. The Labute approximate surface area is 125 Å². The van der Waals surface area contributed by atoms with Crippen LogP contribution in [0.2, 0.25) is 0 Å². The highest BCUT2D eigenvalue weighted by atomic mass is 16.4. The van der Waals surface area contributed by atoms with E-state index in [1.165, 1.54) is 0 Å². The summed E-state index contributed by atoms with van der Waals surface area (Å²) in [6.07, 6.45) is 1.92. The lowest BCUT2D eigenvalue weighted by atomic mass is 9.83. The molecular formula is C17H23NO3. The number of carbonyl (C=O) groups is 2. The van der Waals surface area contributed by atoms with Gasteiger partial charge in [-0.3, -0.25) is 9.59 Å². The molecule has 2 N–H and O–H groups in total. The number of nitrogens with one attached hydrogen (secondary N) is 1. The summed E-state index contributed by atoms with van der Waals surface area (Å²) in [5, 5.41) is 12.0. The number of aliphatic carboxylic acids is 1. The van der Waals surface area contributed by atoms with Crippen molar-refractivity contribution in [1.82, 2.24) is 5.32 Å². The molecule has 2 rings (SSSR count). The van der Waals surface area contributed by atoms with Gasteiger partial charge in [-0.25, -0.2) is 0 Å². The molecule has 114 valence electrons. The smallest absolute Gasteiger partial charge is 0.306 e. The Hall–Kier alpha value is -1.84. The lowest BCUT2D eigenvalue weighted by Gasteiger charge is -2.26. The second-order valence-corrected chi connectivity index (χ2v) is 6.51. The van der Waals surface area contributed by atoms with Crippen LogP contribution in [0.3, 0.4) is 0 Å². The lowest BCUT2D eigenvalue weighted by Crippen LogP contribution is -2.44. The zero-order valence-electron chi connectivity index (χ0n) is 12.8. The van der Waals surface area contributed by atoms with E-state index in [1.807, 2.05) is 45.0 Å². The van der Waals surface area contributed by atoms with Crippen LogP contribution < -0.4 is 5.32 Å². The molecule has 0 radical (unpaired) electrons. The molecule has 2 atom stereocenters. The maximum Gasteiger partial charge on any atom is 0.306 e. The van der Waals surface area contributed by atoms with Gasteiger partial charge in [-0.15, -0.1) is 0 Å². The van der Waals surface area contributed by atoms with Crippen LogP contribution in [-0.2, 0) is 15.0 Å². The van der Waals surface area contributed by atoms with Crippen LogP contribution in [0.15, 0.2) is 24.3 Å². The third-order valence-corrected chi connectivity index (χ3v) is 4.46. The van der Waals surface area contributed by atoms with E-state index in [4.69, 9.17) is 5.11 Å². The molecule has 0 spiro atoms. The Kier molecular flexibility index (Phi) is 4.35. The van der Waals surface area contributed by atoms with Gasteiger partial charge in [-0.1, -0.05) is 29.8 Å². The van der Waals surface area contributed by atoms with Crippen LogP contribution in [0.25, 0.3) is 0 Å². The van der Waals surface area contributed by atoms with Gasteiger partial charge < -0.3 is 10.4 Å². The fourth-order valence-corrected chi connectivity index (χ4v) is 2.80. The first kappa shape index (κ1) is 15.5. The molecule has 0 heterocycles. The van der Waals surface area contributed by atoms with Crippen molar-refractivity contribution in [3.63, 3.8) is 0 Å². The molecule has 1 amide bonds. The minimum absolute atomic E-state index is 0.0247. The molecule has 0 bridgehead atoms. The van der Waals surface area contributed by atoms with Crippen molar-refractivity contribution in [2.45, 2.75) is 51.5 Å². The largest absolute Gasteiger partial charge is 0.481 e. The Balaban J connectivity index is 2.02. The second-order valence-electron chi connectivity index (χ2n) is 6.51. The van der Waals surface area contributed by atoms with E-state index in [0.29, 0.717) is 12.8 Å². The van der Waals surface area contributed by atoms with Crippen molar-refractivity contribution < 1.29 is 14.7 Å². The van der Waals surface area contributed by atoms with Gasteiger partial charge in [0.2, 0.25) is 5.91 Å². The molecule has 1 saturated carbocycles. The maximum absolute atomic E-state index is 12.5. The van der Waals surface area contributed by atoms with Crippen molar-refractivity contribution in [3.8, 4) is 0 Å². The van der Waals surface area contributed by atoms with Crippen LogP contribution in [0, 0.1) is 12.8 Å². The quantitative estimate of drug-likeness (QED) is 0.895. The fourth-order valence-electron chi connectivity index (χ4n) is 2.80. The van der Waals surface area contributed by atoms with Gasteiger partial charge >= 0.3 is 5.97 Å². The van der Waals surface area contributed by atoms with E-state index in [2.05, 4.69) is 5.32 Å². The molecule has 1 aromatic rings. The summed E-state index contributed by atoms with van der Waals surface area (Å²) in [5.41, 5.74) is 1.52. The van der Waals surface area contributed by atoms with Gasteiger partial charge in [0.25, 0.3) is 0 Å². The fraction of sp³-hybridized carbons (Fsp3) is 0.529. The monoisotopic (exact) mass is 289 g/mol. The minimum atomic E-state index is -0.760. The van der Waals surface area contributed by atoms with Crippen LogP contribution in [-0.4, -0.2) is 23.0 Å². The Morgan fingerprint density at radius 1 is 1.19 bits per heavy atom. The van der Waals surface area contributed by atoms with E-state index < -0.39 is 11.4 Å². The molecule has 1 aromatic carbocycles. The van der Waals surface area contributed by atoms with Crippen LogP contribution in [0.4, 0.5) is 0 Å². The highest BCUT2D eigenvalue weighted by molar-refractivity contribution is 5.87. The van der Waals surface area contributed by atoms with Crippen molar-refractivity contribution in [1.29, 1.82) is 0 Å². The first-order valence-electron chi connectivity index (χ1n) is 7.41. The lowest BCUT2D eigenvalue weighted by molar-refractivity contribution is -0.141. The number of benzene rings is 1. The number of hydrogen-bond acceptors (Lipinski definition) is 2. The van der Waals surface area contributed by atoms with Crippen molar-refractivity contribution in [2.24, 2.45) is 5.92 Å². The number of rotatable bonds is 4. The second kappa shape index (κ2) is 5.88. The van der Waals surface area contributed by atoms with Crippen LogP contribution >= 0.6 is 0 Å². The van der Waals surface area contributed by atoms with Gasteiger partial charge in [0, 0.05) is 6.04 Å². The molecule has 1 aliphatic rings. The summed E-state index contributed by atoms with van der Waals surface area (Å²) in [7, 11) is 0. The molecule has 1 aliphatic carbocycles. The van der Waals surface area contributed by atoms with Gasteiger partial charge in [-0.2, -0.15) is 0 Å². The molecule has 1 fully saturated rings. The van der Waals surface area contributed by atoms with Gasteiger partial charge in [-0.05, 0) is 45.6 Å². The molecule has 21 heavy (non-hydrogen) atoms. The number of aryl methyl sites for hydroxylation is 1. The predicted octanol–water partition coefficient (Wildman–Crippen LogP) is 2.64. The summed E-state index contributed by atoms with van der Waals surface area (Å²) in [6, 6.07) is 7.93. The average molecular weight is 289 g/mol. The van der Waals surface area contributed by atoms with E-state index in [0.717, 1.165) is 17.5 Å². The Bertz CT molecular complexity index is 533. The van der Waals surface area contributed by atoms with Crippen molar-refractivity contribution in [2.75, 3.05) is 0 Å². The third-order valence-electron chi connectivity index (χ3n) is 4.46. The summed E-state index contributed by atoms with van der Waals surface area (Å²) < 4.78 is 0. The number of carboxylic acids is 1. The zero-order valence-corrected chi connectivity index (χ0v) is 12.8. The maximum atomic E-state index is 12.5. The number of amides is 1. The topological polar surface area (TPSA) is 66.4 Å². The highest BCUT2D eigenvalue weighted by Gasteiger charge is 2.35. The standard InChI is InChI=1S/C17H23NO3/c1-11-4-7-13(8-5-11)17(2,3)16(21)18-14-9-6-12(10-14)15(19)20/h4-5,7-8,12,14H,6,9-10H2,1-3H3,(H,18,21)(H,19,20)/t12-,14+/m1/s1. The molecular weight excluding hydrogens is 266 g/mol. The summed E-state index contributed by atoms with van der Waals surface area (Å²) >= 11 is 0. The SMILES string of the molecule is Cc1ccc(C(C)(C)C(=O)N[C@H]2CC[C@@H](C(=O)O)C2)cc1. The average Bonchev–Trinajstić information content (AvgIpc) is 2.88. The third kappa shape index (κ3) is 3.43. The van der Waals surface area contributed by atoms with Crippen LogP contribution in [0.5, 0.6) is 0 Å². The van der Waals surface area contributed by atoms with Crippen molar-refractivity contribution in [3.05, 3.63) is 35.4 Å². The van der Waals surface area contributed by atoms with E-state index in [9.17, 15) is 9.59 Å². The summed E-state index contributed by atoms with van der Waals surface area (Å²) in [6.45, 7) is 5.81. The zero-order chi connectivity index (χ0) is 15.6. The van der Waals surface area contributed by atoms with Gasteiger partial charge in [0.15, 0.2) is 0 Å². The van der Waals surface area contributed by atoms with Gasteiger partial charge in [0.1, 0.15) is 0 Å². The normalized spacial score (nSPS) is 22.0.